The Bertz CT molecular complexity index is 1310. The lowest BCUT2D eigenvalue weighted by molar-refractivity contribution is -0.369. The largest absolute Gasteiger partial charge is 0.479 e. The van der Waals surface area contributed by atoms with E-state index < -0.39 is 160 Å². The molecule has 13 N–H and O–H groups in total. The van der Waals surface area contributed by atoms with Crippen LogP contribution < -0.4 is 10.6 Å². The van der Waals surface area contributed by atoms with Gasteiger partial charge in [-0.25, -0.2) is 9.59 Å². The van der Waals surface area contributed by atoms with Crippen molar-refractivity contribution in [2.45, 2.75) is 137 Å². The fourth-order valence-electron chi connectivity index (χ4n) is 6.54. The number of carboxylic acids is 2. The molecule has 20 atom stereocenters. The van der Waals surface area contributed by atoms with Gasteiger partial charge in [0.2, 0.25) is 11.8 Å². The highest BCUT2D eigenvalue weighted by Crippen LogP contribution is 2.35. The quantitative estimate of drug-likeness (QED) is 0.0823. The first-order valence-electron chi connectivity index (χ1n) is 16.5. The van der Waals surface area contributed by atoms with Gasteiger partial charge in [0.05, 0.1) is 13.2 Å². The highest BCUT2D eigenvalue weighted by Gasteiger charge is 2.57. The van der Waals surface area contributed by atoms with Crippen molar-refractivity contribution in [2.24, 2.45) is 0 Å². The smallest absolute Gasteiger partial charge is 0.335 e. The Hall–Kier alpha value is -2.80. The van der Waals surface area contributed by atoms with Gasteiger partial charge in [0.1, 0.15) is 85.3 Å². The first kappa shape index (κ1) is 43.9. The molecule has 0 bridgehead atoms. The van der Waals surface area contributed by atoms with Crippen LogP contribution in [0, 0.1) is 0 Å². The highest BCUT2D eigenvalue weighted by atomic mass is 16.8. The summed E-state index contributed by atoms with van der Waals surface area (Å²) in [4.78, 5) is 48.5. The summed E-state index contributed by atoms with van der Waals surface area (Å²) in [6.07, 6.45) is -35.1. The van der Waals surface area contributed by atoms with Gasteiger partial charge in [0.25, 0.3) is 0 Å². The van der Waals surface area contributed by atoms with E-state index in [0.717, 1.165) is 21.0 Å². The molecule has 0 radical (unpaired) electrons. The van der Waals surface area contributed by atoms with E-state index in [-0.39, 0.29) is 0 Å². The Balaban J connectivity index is 1.62. The molecule has 0 aromatic rings. The number of carbonyl (C=O) groups excluding carboxylic acids is 2. The molecule has 0 spiro atoms. The van der Waals surface area contributed by atoms with Crippen molar-refractivity contribution >= 4 is 23.8 Å². The van der Waals surface area contributed by atoms with Gasteiger partial charge in [-0.05, 0) is 0 Å². The monoisotopic (exact) mass is 790 g/mol. The number of aliphatic hydroxyl groups is 9. The van der Waals surface area contributed by atoms with Gasteiger partial charge in [0.15, 0.2) is 37.4 Å². The second-order valence-electron chi connectivity index (χ2n) is 12.9. The molecule has 4 fully saturated rings. The molecule has 0 aromatic heterocycles. The number of rotatable bonds is 13. The van der Waals surface area contributed by atoms with E-state index in [0.29, 0.717) is 0 Å². The minimum Gasteiger partial charge on any atom is -0.479 e. The maximum absolute atomic E-state index is 12.5. The molecule has 0 aliphatic carbocycles. The predicted octanol–water partition coefficient (Wildman–Crippen LogP) is -8.62. The minimum absolute atomic E-state index is 0.746. The SMILES string of the molecule is CO[C@@H]1C(C(=O)O)O[C@@H](O[C@@H]2C(NC(C)=O)[C@H](O[C@@H]3C(C(=O)O)O[C@@H](O[C@@H]4C(NC(C)=O)[C@H](O)OC(CO)[C@H]4O)C(O)[C@H]3O)OC(CO)[C@H]2O)C(O)[C@H]1O. The second-order valence-corrected chi connectivity index (χ2v) is 12.9. The molecule has 25 heteroatoms. The zero-order valence-corrected chi connectivity index (χ0v) is 28.8. The van der Waals surface area contributed by atoms with Gasteiger partial charge < -0.3 is 105 Å². The Morgan fingerprint density at radius 1 is 0.537 bits per heavy atom. The first-order valence-corrected chi connectivity index (χ1v) is 16.5. The molecule has 4 saturated heterocycles. The summed E-state index contributed by atoms with van der Waals surface area (Å²) >= 11 is 0. The van der Waals surface area contributed by atoms with Gasteiger partial charge in [-0.1, -0.05) is 0 Å². The van der Waals surface area contributed by atoms with Crippen molar-refractivity contribution in [3.8, 4) is 0 Å². The maximum Gasteiger partial charge on any atom is 0.335 e. The van der Waals surface area contributed by atoms with Gasteiger partial charge in [-0.3, -0.25) is 9.59 Å². The molecule has 25 nitrogen and oxygen atoms in total. The van der Waals surface area contributed by atoms with Crippen LogP contribution in [0.15, 0.2) is 0 Å². The molecule has 4 heterocycles. The van der Waals surface area contributed by atoms with Crippen LogP contribution in [-0.4, -0.2) is 223 Å². The lowest BCUT2D eigenvalue weighted by Gasteiger charge is -2.49. The molecular weight excluding hydrogens is 744 g/mol. The number of amides is 2. The molecule has 4 rings (SSSR count). The number of nitrogens with one attached hydrogen (secondary N) is 2. The molecule has 8 unspecified atom stereocenters. The fraction of sp³-hybridized carbons (Fsp3) is 0.862. The summed E-state index contributed by atoms with van der Waals surface area (Å²) < 4.78 is 43.4. The Morgan fingerprint density at radius 3 is 1.39 bits per heavy atom. The fourth-order valence-corrected chi connectivity index (χ4v) is 6.54. The molecule has 4 aliphatic heterocycles. The minimum atomic E-state index is -2.29. The summed E-state index contributed by atoms with van der Waals surface area (Å²) in [6.45, 7) is 0.170. The van der Waals surface area contributed by atoms with Crippen LogP contribution in [0.4, 0.5) is 0 Å². The number of hydrogen-bond acceptors (Lipinski definition) is 21. The van der Waals surface area contributed by atoms with E-state index in [4.69, 9.17) is 37.9 Å². The third kappa shape index (κ3) is 9.24. The van der Waals surface area contributed by atoms with Crippen LogP contribution >= 0.6 is 0 Å². The lowest BCUT2D eigenvalue weighted by atomic mass is 9.94. The average Bonchev–Trinajstić information content (AvgIpc) is 3.10. The number of methoxy groups -OCH3 is 1. The number of aliphatic carboxylic acids is 2. The number of ether oxygens (including phenoxy) is 8. The molecule has 54 heavy (non-hydrogen) atoms. The Kier molecular flexibility index (Phi) is 15.0. The average molecular weight is 791 g/mol. The van der Waals surface area contributed by atoms with Gasteiger partial charge in [-0.2, -0.15) is 0 Å². The van der Waals surface area contributed by atoms with Crippen molar-refractivity contribution < 1.29 is 113 Å². The van der Waals surface area contributed by atoms with Crippen LogP contribution in [0.3, 0.4) is 0 Å². The normalized spacial score (nSPS) is 45.6. The zero-order chi connectivity index (χ0) is 40.3. The number of aliphatic hydroxyl groups excluding tert-OH is 9. The van der Waals surface area contributed by atoms with Gasteiger partial charge in [0, 0.05) is 21.0 Å². The number of carbonyl (C=O) groups is 4. The van der Waals surface area contributed by atoms with Crippen molar-refractivity contribution in [3.63, 3.8) is 0 Å². The van der Waals surface area contributed by atoms with Crippen molar-refractivity contribution in [1.82, 2.24) is 10.6 Å². The van der Waals surface area contributed by atoms with E-state index in [1.165, 1.54) is 0 Å². The van der Waals surface area contributed by atoms with Crippen LogP contribution in [0.25, 0.3) is 0 Å². The molecule has 0 aromatic carbocycles. The highest BCUT2D eigenvalue weighted by molar-refractivity contribution is 5.74. The number of hydrogen-bond donors (Lipinski definition) is 13. The van der Waals surface area contributed by atoms with Crippen LogP contribution in [0.5, 0.6) is 0 Å². The van der Waals surface area contributed by atoms with Crippen LogP contribution in [-0.2, 0) is 57.1 Å². The van der Waals surface area contributed by atoms with E-state index in [9.17, 15) is 75.3 Å². The number of carboxylic acid groups (broad SMARTS) is 2. The summed E-state index contributed by atoms with van der Waals surface area (Å²) in [5.41, 5.74) is 0. The van der Waals surface area contributed by atoms with E-state index >= 15 is 0 Å². The van der Waals surface area contributed by atoms with E-state index in [1.54, 1.807) is 0 Å². The van der Waals surface area contributed by atoms with Crippen molar-refractivity contribution in [3.05, 3.63) is 0 Å². The van der Waals surface area contributed by atoms with Crippen molar-refractivity contribution in [2.75, 3.05) is 20.3 Å². The molecule has 310 valence electrons. The maximum atomic E-state index is 12.5. The standard InChI is InChI=1S/C29H46N2O23/c1-6(34)30-10-18(12(36)8(4-32)48-26(10)46)50-29-17(41)15(39)21(23(54-29)25(44)45)52-27-11(31-7(2)35)19(13(37)9(5-33)49-27)51-28-16(40)14(38)20(47-3)22(53-28)24(42)43/h8-23,26-29,32-33,36-41,46H,4-5H2,1-3H3,(H,30,34)(H,31,35)(H,42,43)(H,44,45)/t8?,9?,10?,11?,12-,13-,14-,15-,16?,17?,18-,19-,20+,21+,22?,23?,26-,27+,28-,29-/m1/s1. The summed E-state index contributed by atoms with van der Waals surface area (Å²) in [7, 11) is 1.04. The van der Waals surface area contributed by atoms with Gasteiger partial charge in [-0.15, -0.1) is 0 Å². The lowest BCUT2D eigenvalue weighted by Crippen LogP contribution is -2.70. The third-order valence-corrected chi connectivity index (χ3v) is 9.19. The first-order chi connectivity index (χ1) is 25.4. The molecule has 0 saturated carbocycles. The van der Waals surface area contributed by atoms with Crippen LogP contribution in [0.1, 0.15) is 13.8 Å². The summed E-state index contributed by atoms with van der Waals surface area (Å²) in [6, 6.07) is -3.34. The van der Waals surface area contributed by atoms with E-state index in [1.807, 2.05) is 0 Å². The molecule has 4 aliphatic rings. The van der Waals surface area contributed by atoms with Crippen molar-refractivity contribution in [1.29, 1.82) is 0 Å². The molecule has 2 amide bonds. The predicted molar refractivity (Wildman–Crippen MR) is 163 cm³/mol. The van der Waals surface area contributed by atoms with E-state index in [2.05, 4.69) is 10.6 Å². The third-order valence-electron chi connectivity index (χ3n) is 9.19. The zero-order valence-electron chi connectivity index (χ0n) is 28.8. The Morgan fingerprint density at radius 2 is 0.944 bits per heavy atom. The summed E-state index contributed by atoms with van der Waals surface area (Å²) in [5, 5.41) is 120. The molecular formula is C29H46N2O23. The topological polar surface area (TPSA) is 389 Å². The Labute approximate surface area is 304 Å². The van der Waals surface area contributed by atoms with Gasteiger partial charge >= 0.3 is 11.9 Å². The van der Waals surface area contributed by atoms with Crippen LogP contribution in [0.2, 0.25) is 0 Å². The second kappa shape index (κ2) is 18.4. The summed E-state index contributed by atoms with van der Waals surface area (Å²) in [5.74, 6) is -5.10.